The molecule has 0 aromatic carbocycles. The Morgan fingerprint density at radius 2 is 2.18 bits per heavy atom. The number of aryl methyl sites for hydroxylation is 2. The lowest BCUT2D eigenvalue weighted by Gasteiger charge is -2.18. The highest BCUT2D eigenvalue weighted by Gasteiger charge is 2.30. The quantitative estimate of drug-likeness (QED) is 0.847. The number of thioether (sulfide) groups is 1. The summed E-state index contributed by atoms with van der Waals surface area (Å²) < 4.78 is 28.8. The number of hydrogen-bond donors (Lipinski definition) is 0. The van der Waals surface area contributed by atoms with Crippen molar-refractivity contribution in [1.29, 1.82) is 0 Å². The van der Waals surface area contributed by atoms with E-state index in [2.05, 4.69) is 22.5 Å². The van der Waals surface area contributed by atoms with Gasteiger partial charge in [-0.15, -0.1) is 11.3 Å². The van der Waals surface area contributed by atoms with Gasteiger partial charge >= 0.3 is 0 Å². The average Bonchev–Trinajstić information content (AvgIpc) is 3.04. The van der Waals surface area contributed by atoms with Crippen LogP contribution in [0.25, 0.3) is 0 Å². The van der Waals surface area contributed by atoms with Gasteiger partial charge < -0.3 is 4.57 Å². The zero-order valence-electron chi connectivity index (χ0n) is 12.6. The molecule has 120 valence electrons. The van der Waals surface area contributed by atoms with Crippen molar-refractivity contribution in [2.45, 2.75) is 23.6 Å². The molecule has 3 heterocycles. The van der Waals surface area contributed by atoms with Crippen LogP contribution in [0.1, 0.15) is 22.4 Å². The molecule has 0 N–H and O–H groups in total. The molecule has 3 rings (SSSR count). The van der Waals surface area contributed by atoms with Gasteiger partial charge in [-0.25, -0.2) is 13.4 Å². The second-order valence-corrected chi connectivity index (χ2v) is 9.48. The molecule has 1 fully saturated rings. The fourth-order valence-electron chi connectivity index (χ4n) is 2.48. The highest BCUT2D eigenvalue weighted by atomic mass is 32.2. The Hall–Kier alpha value is -0.830. The Labute approximate surface area is 139 Å². The molecule has 2 aromatic heterocycles. The molecular formula is C14H19N3O2S3. The molecule has 0 saturated carbocycles. The Kier molecular flexibility index (Phi) is 4.63. The van der Waals surface area contributed by atoms with E-state index in [9.17, 15) is 8.42 Å². The number of imidazole rings is 1. The van der Waals surface area contributed by atoms with E-state index >= 15 is 0 Å². The van der Waals surface area contributed by atoms with E-state index < -0.39 is 10.0 Å². The van der Waals surface area contributed by atoms with Gasteiger partial charge in [0, 0.05) is 42.2 Å². The van der Waals surface area contributed by atoms with Crippen molar-refractivity contribution in [2.75, 3.05) is 18.8 Å². The Morgan fingerprint density at radius 3 is 2.82 bits per heavy atom. The van der Waals surface area contributed by atoms with E-state index in [1.54, 1.807) is 26.4 Å². The van der Waals surface area contributed by atoms with Gasteiger partial charge in [0.15, 0.2) is 5.03 Å². The molecule has 1 aliphatic heterocycles. The number of sulfonamides is 1. The third-order valence-electron chi connectivity index (χ3n) is 3.85. The highest BCUT2D eigenvalue weighted by molar-refractivity contribution is 7.99. The van der Waals surface area contributed by atoms with Crippen molar-refractivity contribution in [3.63, 3.8) is 0 Å². The molecule has 22 heavy (non-hydrogen) atoms. The van der Waals surface area contributed by atoms with Crippen LogP contribution >= 0.6 is 23.1 Å². The van der Waals surface area contributed by atoms with Gasteiger partial charge in [0.25, 0.3) is 10.0 Å². The van der Waals surface area contributed by atoms with Gasteiger partial charge in [0.05, 0.1) is 0 Å². The van der Waals surface area contributed by atoms with E-state index in [1.165, 1.54) is 4.88 Å². The molecule has 1 aliphatic rings. The van der Waals surface area contributed by atoms with Crippen LogP contribution in [-0.2, 0) is 17.1 Å². The van der Waals surface area contributed by atoms with Gasteiger partial charge in [-0.05, 0) is 24.8 Å². The van der Waals surface area contributed by atoms with Gasteiger partial charge in [-0.3, -0.25) is 0 Å². The lowest BCUT2D eigenvalue weighted by molar-refractivity contribution is 0.426. The number of nitrogens with zero attached hydrogens (tertiary/aromatic N) is 3. The van der Waals surface area contributed by atoms with E-state index in [4.69, 9.17) is 0 Å². The van der Waals surface area contributed by atoms with Gasteiger partial charge in [0.2, 0.25) is 0 Å². The second kappa shape index (κ2) is 6.35. The molecular weight excluding hydrogens is 338 g/mol. The summed E-state index contributed by atoms with van der Waals surface area (Å²) in [6, 6.07) is 4.19. The van der Waals surface area contributed by atoms with Crippen LogP contribution in [-0.4, -0.2) is 41.1 Å². The predicted molar refractivity (Wildman–Crippen MR) is 90.8 cm³/mol. The maximum atomic E-state index is 12.7. The molecule has 0 unspecified atom stereocenters. The number of aromatic nitrogens is 2. The average molecular weight is 358 g/mol. The predicted octanol–water partition coefficient (Wildman–Crippen LogP) is 2.66. The summed E-state index contributed by atoms with van der Waals surface area (Å²) >= 11 is 3.59. The van der Waals surface area contributed by atoms with Crippen molar-refractivity contribution in [1.82, 2.24) is 13.9 Å². The molecule has 2 aromatic rings. The molecule has 0 spiro atoms. The number of hydrogen-bond acceptors (Lipinski definition) is 5. The number of rotatable bonds is 3. The topological polar surface area (TPSA) is 55.2 Å². The smallest absolute Gasteiger partial charge is 0.262 e. The first-order chi connectivity index (χ1) is 10.5. The van der Waals surface area contributed by atoms with E-state index in [1.807, 2.05) is 25.7 Å². The van der Waals surface area contributed by atoms with Crippen molar-refractivity contribution in [2.24, 2.45) is 7.05 Å². The summed E-state index contributed by atoms with van der Waals surface area (Å²) in [4.78, 5) is 5.52. The van der Waals surface area contributed by atoms with Crippen LogP contribution in [0.15, 0.2) is 28.7 Å². The van der Waals surface area contributed by atoms with Crippen molar-refractivity contribution < 1.29 is 8.42 Å². The summed E-state index contributed by atoms with van der Waals surface area (Å²) in [7, 11) is -1.68. The van der Waals surface area contributed by atoms with Crippen LogP contribution in [0.2, 0.25) is 0 Å². The summed E-state index contributed by atoms with van der Waals surface area (Å²) in [6.07, 6.45) is 2.44. The van der Waals surface area contributed by atoms with Gasteiger partial charge in [-0.1, -0.05) is 6.07 Å². The normalized spacial score (nSPS) is 20.9. The first-order valence-electron chi connectivity index (χ1n) is 7.13. The van der Waals surface area contributed by atoms with Gasteiger partial charge in [-0.2, -0.15) is 16.1 Å². The van der Waals surface area contributed by atoms with E-state index in [0.717, 1.165) is 12.2 Å². The summed E-state index contributed by atoms with van der Waals surface area (Å²) in [5.41, 5.74) is 0. The zero-order chi connectivity index (χ0) is 15.7. The molecule has 0 aliphatic carbocycles. The van der Waals surface area contributed by atoms with Gasteiger partial charge in [0.1, 0.15) is 5.82 Å². The Bertz CT molecular complexity index is 718. The third kappa shape index (κ3) is 3.10. The first-order valence-corrected chi connectivity index (χ1v) is 10.5. The standard InChI is InChI=1S/C14H19N3O2S3/c1-11-15-14(10-16(11)2)22(18,19)17-6-5-13(21-9-7-17)12-4-3-8-20-12/h3-4,8,10,13H,5-7,9H2,1-2H3/t13-/m1/s1. The molecule has 0 radical (unpaired) electrons. The van der Waals surface area contributed by atoms with Crippen LogP contribution in [0.4, 0.5) is 0 Å². The van der Waals surface area contributed by atoms with Crippen LogP contribution in [0.3, 0.4) is 0 Å². The minimum absolute atomic E-state index is 0.159. The van der Waals surface area contributed by atoms with E-state index in [-0.39, 0.29) is 5.03 Å². The van der Waals surface area contributed by atoms with E-state index in [0.29, 0.717) is 24.2 Å². The maximum Gasteiger partial charge on any atom is 0.262 e. The van der Waals surface area contributed by atoms with Crippen molar-refractivity contribution in [3.8, 4) is 0 Å². The SMILES string of the molecule is Cc1nc(S(=O)(=O)N2CCS[C@@H](c3cccs3)CC2)cn1C. The lowest BCUT2D eigenvalue weighted by atomic mass is 10.2. The minimum Gasteiger partial charge on any atom is -0.337 e. The molecule has 0 amide bonds. The fraction of sp³-hybridized carbons (Fsp3) is 0.500. The monoisotopic (exact) mass is 357 g/mol. The van der Waals surface area contributed by atoms with Crippen LogP contribution < -0.4 is 0 Å². The third-order valence-corrected chi connectivity index (χ3v) is 8.07. The molecule has 1 atom stereocenters. The van der Waals surface area contributed by atoms with Crippen molar-refractivity contribution >= 4 is 33.1 Å². The Morgan fingerprint density at radius 1 is 1.36 bits per heavy atom. The minimum atomic E-state index is -3.49. The second-order valence-electron chi connectivity index (χ2n) is 5.30. The Balaban J connectivity index is 1.78. The summed E-state index contributed by atoms with van der Waals surface area (Å²) in [6.45, 7) is 2.90. The lowest BCUT2D eigenvalue weighted by Crippen LogP contribution is -2.33. The highest BCUT2D eigenvalue weighted by Crippen LogP contribution is 2.37. The summed E-state index contributed by atoms with van der Waals surface area (Å²) in [5.74, 6) is 1.52. The zero-order valence-corrected chi connectivity index (χ0v) is 15.0. The first kappa shape index (κ1) is 16.0. The molecule has 1 saturated heterocycles. The number of thiophene rings is 1. The van der Waals surface area contributed by atoms with Crippen LogP contribution in [0, 0.1) is 6.92 Å². The van der Waals surface area contributed by atoms with Crippen molar-refractivity contribution in [3.05, 3.63) is 34.4 Å². The largest absolute Gasteiger partial charge is 0.337 e. The maximum absolute atomic E-state index is 12.7. The summed E-state index contributed by atoms with van der Waals surface area (Å²) in [5, 5.41) is 2.63. The molecule has 8 heteroatoms. The fourth-order valence-corrected chi connectivity index (χ4v) is 6.31. The van der Waals surface area contributed by atoms with Crippen LogP contribution in [0.5, 0.6) is 0 Å². The molecule has 5 nitrogen and oxygen atoms in total. The molecule has 0 bridgehead atoms.